The summed E-state index contributed by atoms with van der Waals surface area (Å²) in [5, 5.41) is 21.1. The average Bonchev–Trinajstić information content (AvgIpc) is 3.16. The van der Waals surface area contributed by atoms with E-state index in [0.29, 0.717) is 35.2 Å². The molecule has 0 bridgehead atoms. The number of aliphatic hydroxyl groups is 2. The number of hydrogen-bond donors (Lipinski definition) is 2. The first-order chi connectivity index (χ1) is 13.4. The molecule has 28 heavy (non-hydrogen) atoms. The predicted molar refractivity (Wildman–Crippen MR) is 114 cm³/mol. The van der Waals surface area contributed by atoms with Gasteiger partial charge in [0.05, 0.1) is 5.60 Å². The largest absolute Gasteiger partial charge is 0.396 e. The number of fused-ring (bicyclic) bond motifs is 7. The molecule has 0 aliphatic heterocycles. The maximum absolute atomic E-state index is 11.2. The number of aliphatic hydroxyl groups excluding tert-OH is 1. The van der Waals surface area contributed by atoms with Crippen LogP contribution in [0, 0.1) is 58.2 Å². The van der Waals surface area contributed by atoms with Gasteiger partial charge in [-0.25, -0.2) is 0 Å². The van der Waals surface area contributed by atoms with Crippen molar-refractivity contribution in [1.82, 2.24) is 0 Å². The smallest absolute Gasteiger partial charge is 0.0714 e. The Morgan fingerprint density at radius 3 is 2.36 bits per heavy atom. The highest BCUT2D eigenvalue weighted by molar-refractivity contribution is 5.22. The molecule has 2 N–H and O–H groups in total. The lowest BCUT2D eigenvalue weighted by Crippen LogP contribution is -2.55. The van der Waals surface area contributed by atoms with Gasteiger partial charge >= 0.3 is 0 Å². The van der Waals surface area contributed by atoms with Crippen LogP contribution in [0.15, 0.2) is 0 Å². The molecule has 5 aliphatic rings. The summed E-state index contributed by atoms with van der Waals surface area (Å²) < 4.78 is 0. The Morgan fingerprint density at radius 2 is 1.68 bits per heavy atom. The third-order valence-electron chi connectivity index (χ3n) is 11.8. The van der Waals surface area contributed by atoms with Crippen molar-refractivity contribution < 1.29 is 10.2 Å². The molecule has 5 rings (SSSR count). The fraction of sp³-hybridized carbons (Fsp3) is 1.00. The zero-order valence-corrected chi connectivity index (χ0v) is 18.8. The molecule has 0 saturated heterocycles. The Hall–Kier alpha value is -0.0800. The van der Waals surface area contributed by atoms with E-state index < -0.39 is 0 Å². The molecule has 0 aromatic carbocycles. The Balaban J connectivity index is 1.44. The molecule has 3 unspecified atom stereocenters. The van der Waals surface area contributed by atoms with E-state index in [0.717, 1.165) is 36.0 Å². The van der Waals surface area contributed by atoms with Gasteiger partial charge in [0.25, 0.3) is 0 Å². The molecule has 5 fully saturated rings. The first-order valence-corrected chi connectivity index (χ1v) is 12.7. The summed E-state index contributed by atoms with van der Waals surface area (Å²) in [5.41, 5.74) is 0.695. The third kappa shape index (κ3) is 2.29. The van der Waals surface area contributed by atoms with Gasteiger partial charge in [-0.3, -0.25) is 0 Å². The van der Waals surface area contributed by atoms with E-state index in [2.05, 4.69) is 27.7 Å². The maximum atomic E-state index is 11.2. The van der Waals surface area contributed by atoms with Crippen LogP contribution in [0.2, 0.25) is 0 Å². The summed E-state index contributed by atoms with van der Waals surface area (Å²) in [6, 6.07) is 0. The quantitative estimate of drug-likeness (QED) is 0.652. The molecule has 5 aliphatic carbocycles. The molecular weight excluding hydrogens is 344 g/mol. The molecule has 0 amide bonds. The van der Waals surface area contributed by atoms with E-state index in [9.17, 15) is 10.2 Å². The minimum Gasteiger partial charge on any atom is -0.396 e. The summed E-state index contributed by atoms with van der Waals surface area (Å²) in [6.07, 6.45) is 13.2. The van der Waals surface area contributed by atoms with Gasteiger partial charge in [-0.15, -0.1) is 0 Å². The minimum atomic E-state index is -0.289. The van der Waals surface area contributed by atoms with Crippen LogP contribution in [-0.4, -0.2) is 22.4 Å². The van der Waals surface area contributed by atoms with Crippen molar-refractivity contribution in [3.63, 3.8) is 0 Å². The van der Waals surface area contributed by atoms with Gasteiger partial charge in [-0.05, 0) is 116 Å². The van der Waals surface area contributed by atoms with Gasteiger partial charge in [0.15, 0.2) is 0 Å². The summed E-state index contributed by atoms with van der Waals surface area (Å²) in [4.78, 5) is 0. The first kappa shape index (κ1) is 19.9. The van der Waals surface area contributed by atoms with Gasteiger partial charge < -0.3 is 10.2 Å². The van der Waals surface area contributed by atoms with Crippen molar-refractivity contribution in [1.29, 1.82) is 0 Å². The van der Waals surface area contributed by atoms with Crippen LogP contribution in [0.3, 0.4) is 0 Å². The second-order valence-electron chi connectivity index (χ2n) is 12.1. The molecule has 160 valence electrons. The summed E-state index contributed by atoms with van der Waals surface area (Å²) in [5.74, 6) is 5.89. The van der Waals surface area contributed by atoms with Gasteiger partial charge in [-0.2, -0.15) is 0 Å². The molecule has 0 aromatic heterocycles. The van der Waals surface area contributed by atoms with Crippen LogP contribution in [0.4, 0.5) is 0 Å². The van der Waals surface area contributed by atoms with E-state index in [4.69, 9.17) is 0 Å². The summed E-state index contributed by atoms with van der Waals surface area (Å²) >= 11 is 0. The Labute approximate surface area is 172 Å². The van der Waals surface area contributed by atoms with Crippen LogP contribution >= 0.6 is 0 Å². The van der Waals surface area contributed by atoms with E-state index >= 15 is 0 Å². The van der Waals surface area contributed by atoms with Crippen molar-refractivity contribution in [3.8, 4) is 0 Å². The monoisotopic (exact) mass is 388 g/mol. The molecule has 0 heterocycles. The van der Waals surface area contributed by atoms with Crippen molar-refractivity contribution in [2.75, 3.05) is 6.61 Å². The number of hydrogen-bond acceptors (Lipinski definition) is 2. The molecule has 11 atom stereocenters. The zero-order valence-electron chi connectivity index (χ0n) is 18.8. The van der Waals surface area contributed by atoms with E-state index in [1.807, 2.05) is 0 Å². The van der Waals surface area contributed by atoms with Crippen molar-refractivity contribution >= 4 is 0 Å². The molecule has 0 spiro atoms. The van der Waals surface area contributed by atoms with Crippen LogP contribution < -0.4 is 0 Å². The molecule has 0 radical (unpaired) electrons. The van der Waals surface area contributed by atoms with Gasteiger partial charge in [0, 0.05) is 6.61 Å². The van der Waals surface area contributed by atoms with Crippen LogP contribution in [0.25, 0.3) is 0 Å². The summed E-state index contributed by atoms with van der Waals surface area (Å²) in [6.45, 7) is 10.0. The minimum absolute atomic E-state index is 0.289. The van der Waals surface area contributed by atoms with E-state index in [-0.39, 0.29) is 5.60 Å². The second-order valence-corrected chi connectivity index (χ2v) is 12.1. The van der Waals surface area contributed by atoms with E-state index in [1.54, 1.807) is 0 Å². The highest BCUT2D eigenvalue weighted by atomic mass is 16.3. The molecular formula is C26H44O2. The van der Waals surface area contributed by atoms with Crippen molar-refractivity contribution in [3.05, 3.63) is 0 Å². The normalized spacial score (nSPS) is 58.3. The fourth-order valence-corrected chi connectivity index (χ4v) is 10.6. The van der Waals surface area contributed by atoms with Crippen LogP contribution in [0.1, 0.15) is 91.9 Å². The zero-order chi connectivity index (χ0) is 19.9. The standard InChI is InChI=1S/C26H44O2/c1-5-18-23-22-8-7-17-20-10-9-19(16(3)15-27)24(20,4)12-11-21(17)25(22,6-2)13-14-26(18,23)28/h16-23,27-28H,5-15H2,1-4H3/t16?,17-,18?,19+,20-,21-,22+,23?,24+,25+,26-/m0/s1. The average molecular weight is 389 g/mol. The second kappa shape index (κ2) is 6.46. The first-order valence-electron chi connectivity index (χ1n) is 12.7. The maximum Gasteiger partial charge on any atom is 0.0714 e. The number of rotatable bonds is 4. The van der Waals surface area contributed by atoms with Crippen molar-refractivity contribution in [2.24, 2.45) is 58.2 Å². The van der Waals surface area contributed by atoms with Gasteiger partial charge in [-0.1, -0.05) is 34.1 Å². The highest BCUT2D eigenvalue weighted by Gasteiger charge is 2.73. The van der Waals surface area contributed by atoms with Crippen LogP contribution in [-0.2, 0) is 0 Å². The highest BCUT2D eigenvalue weighted by Crippen LogP contribution is 2.75. The topological polar surface area (TPSA) is 40.5 Å². The Kier molecular flexibility index (Phi) is 4.58. The molecule has 2 nitrogen and oxygen atoms in total. The SMILES string of the molecule is CCC1C2[C@H]3CC[C@H]4[C@@H]5CC[C@H](C(C)CO)[C@@]5(C)CC[C@@H]4[C@@]3(CC)CC[C@]12O. The Morgan fingerprint density at radius 1 is 0.929 bits per heavy atom. The fourth-order valence-electron chi connectivity index (χ4n) is 10.6. The predicted octanol–water partition coefficient (Wildman–Crippen LogP) is 5.66. The molecule has 5 saturated carbocycles. The van der Waals surface area contributed by atoms with Crippen molar-refractivity contribution in [2.45, 2.75) is 97.5 Å². The Bertz CT molecular complexity index is 618. The summed E-state index contributed by atoms with van der Waals surface area (Å²) in [7, 11) is 0. The molecule has 2 heteroatoms. The van der Waals surface area contributed by atoms with Crippen LogP contribution in [0.5, 0.6) is 0 Å². The lowest BCUT2D eigenvalue weighted by atomic mass is 9.43. The third-order valence-corrected chi connectivity index (χ3v) is 11.8. The van der Waals surface area contributed by atoms with Gasteiger partial charge in [0.2, 0.25) is 0 Å². The lowest BCUT2D eigenvalue weighted by molar-refractivity contribution is -0.142. The van der Waals surface area contributed by atoms with Gasteiger partial charge in [0.1, 0.15) is 0 Å². The lowest BCUT2D eigenvalue weighted by Gasteiger charge is -2.62. The van der Waals surface area contributed by atoms with E-state index in [1.165, 1.54) is 57.8 Å². The molecule has 0 aromatic rings.